The van der Waals surface area contributed by atoms with Gasteiger partial charge < -0.3 is 0 Å². The van der Waals surface area contributed by atoms with Crippen LogP contribution in [0.3, 0.4) is 0 Å². The summed E-state index contributed by atoms with van der Waals surface area (Å²) in [5, 5.41) is 0. The van der Waals surface area contributed by atoms with Crippen LogP contribution in [0, 0.1) is 5.82 Å². The van der Waals surface area contributed by atoms with Crippen molar-refractivity contribution in [3.05, 3.63) is 41.7 Å². The lowest BCUT2D eigenvalue weighted by Crippen LogP contribution is -2.33. The van der Waals surface area contributed by atoms with Crippen LogP contribution in [0.1, 0.15) is 18.4 Å². The normalized spacial score (nSPS) is 17.8. The molecule has 0 radical (unpaired) electrons. The van der Waals surface area contributed by atoms with Crippen LogP contribution in [-0.4, -0.2) is 30.3 Å². The smallest absolute Gasteiger partial charge is 0.135 e. The first-order chi connectivity index (χ1) is 8.24. The molecule has 1 aromatic carbocycles. The van der Waals surface area contributed by atoms with E-state index in [0.29, 0.717) is 18.6 Å². The highest BCUT2D eigenvalue weighted by molar-refractivity contribution is 5.79. The summed E-state index contributed by atoms with van der Waals surface area (Å²) in [6, 6.07) is 6.43. The third kappa shape index (κ3) is 3.79. The molecule has 3 heteroatoms. The summed E-state index contributed by atoms with van der Waals surface area (Å²) in [5.74, 6) is 0.153. The number of nitrogens with zero attached hydrogens (tertiary/aromatic N) is 1. The Bertz CT molecular complexity index is 401. The van der Waals surface area contributed by atoms with Gasteiger partial charge in [-0.15, -0.1) is 0 Å². The zero-order valence-corrected chi connectivity index (χ0v) is 9.73. The minimum atomic E-state index is -0.211. The van der Waals surface area contributed by atoms with E-state index in [4.69, 9.17) is 0 Å². The first kappa shape index (κ1) is 12.0. The lowest BCUT2D eigenvalue weighted by atomic mass is 10.1. The van der Waals surface area contributed by atoms with Gasteiger partial charge in [0.2, 0.25) is 0 Å². The Morgan fingerprint density at radius 1 is 1.18 bits per heavy atom. The summed E-state index contributed by atoms with van der Waals surface area (Å²) in [4.78, 5) is 13.3. The molecule has 1 aliphatic rings. The minimum absolute atomic E-state index is 0.211. The lowest BCUT2D eigenvalue weighted by Gasteiger charge is -2.24. The van der Waals surface area contributed by atoms with E-state index in [1.54, 1.807) is 12.1 Å². The van der Waals surface area contributed by atoms with E-state index in [0.717, 1.165) is 25.2 Å². The third-order valence-electron chi connectivity index (χ3n) is 2.96. The van der Waals surface area contributed by atoms with Crippen LogP contribution in [0.25, 0.3) is 6.08 Å². The van der Waals surface area contributed by atoms with E-state index >= 15 is 0 Å². The Balaban J connectivity index is 1.81. The van der Waals surface area contributed by atoms with Crippen molar-refractivity contribution < 1.29 is 9.18 Å². The fourth-order valence-corrected chi connectivity index (χ4v) is 1.90. The number of rotatable bonds is 3. The van der Waals surface area contributed by atoms with Crippen LogP contribution in [0.2, 0.25) is 0 Å². The number of Topliss-reactive ketones (excluding diaryl/α,β-unsaturated/α-hetero) is 1. The van der Waals surface area contributed by atoms with Gasteiger partial charge in [0.05, 0.1) is 0 Å². The van der Waals surface area contributed by atoms with Gasteiger partial charge >= 0.3 is 0 Å². The topological polar surface area (TPSA) is 20.3 Å². The highest BCUT2D eigenvalue weighted by Crippen LogP contribution is 2.07. The number of halogens is 1. The van der Waals surface area contributed by atoms with Gasteiger partial charge in [-0.1, -0.05) is 24.3 Å². The number of piperidine rings is 1. The molecule has 0 spiro atoms. The minimum Gasteiger partial charge on any atom is -0.300 e. The van der Waals surface area contributed by atoms with Crippen LogP contribution < -0.4 is 0 Å². The maximum absolute atomic E-state index is 12.7. The summed E-state index contributed by atoms with van der Waals surface area (Å²) < 4.78 is 12.7. The Kier molecular flexibility index (Phi) is 4.04. The summed E-state index contributed by atoms with van der Waals surface area (Å²) in [6.07, 6.45) is 5.38. The van der Waals surface area contributed by atoms with E-state index in [1.165, 1.54) is 12.1 Å². The third-order valence-corrected chi connectivity index (χ3v) is 2.96. The van der Waals surface area contributed by atoms with Crippen molar-refractivity contribution in [1.29, 1.82) is 0 Å². The van der Waals surface area contributed by atoms with Gasteiger partial charge in [0.25, 0.3) is 0 Å². The second-order valence-electron chi connectivity index (χ2n) is 4.29. The van der Waals surface area contributed by atoms with Crippen LogP contribution in [0.5, 0.6) is 0 Å². The molecule has 0 atom stereocenters. The van der Waals surface area contributed by atoms with Crippen molar-refractivity contribution in [2.45, 2.75) is 12.8 Å². The molecule has 2 rings (SSSR count). The molecule has 17 heavy (non-hydrogen) atoms. The lowest BCUT2D eigenvalue weighted by molar-refractivity contribution is -0.121. The van der Waals surface area contributed by atoms with Crippen LogP contribution in [0.4, 0.5) is 4.39 Å². The molecule has 0 amide bonds. The van der Waals surface area contributed by atoms with Gasteiger partial charge in [-0.25, -0.2) is 4.39 Å². The molecule has 2 nitrogen and oxygen atoms in total. The molecule has 1 aromatic rings. The number of benzene rings is 1. The standard InChI is InChI=1S/C14H16FNO/c15-13-5-3-12(4-6-13)2-1-9-16-10-7-14(17)8-11-16/h1-6H,7-11H2/b2-1+. The molecule has 0 aliphatic carbocycles. The number of likely N-dealkylation sites (tertiary alicyclic amines) is 1. The molecule has 0 saturated carbocycles. The maximum Gasteiger partial charge on any atom is 0.135 e. The Morgan fingerprint density at radius 3 is 2.47 bits per heavy atom. The molecule has 1 heterocycles. The second-order valence-corrected chi connectivity index (χ2v) is 4.29. The molecule has 1 aliphatic heterocycles. The number of hydrogen-bond acceptors (Lipinski definition) is 2. The van der Waals surface area contributed by atoms with E-state index in [2.05, 4.69) is 11.0 Å². The molecule has 0 aromatic heterocycles. The average Bonchev–Trinajstić information content (AvgIpc) is 2.34. The Hall–Kier alpha value is -1.48. The van der Waals surface area contributed by atoms with Gasteiger partial charge in [-0.3, -0.25) is 9.69 Å². The van der Waals surface area contributed by atoms with Crippen molar-refractivity contribution in [1.82, 2.24) is 4.90 Å². The maximum atomic E-state index is 12.7. The number of carbonyl (C=O) groups is 1. The van der Waals surface area contributed by atoms with Crippen molar-refractivity contribution in [3.8, 4) is 0 Å². The molecule has 0 unspecified atom stereocenters. The summed E-state index contributed by atoms with van der Waals surface area (Å²) in [5.41, 5.74) is 1.000. The Labute approximate surface area is 101 Å². The zero-order valence-electron chi connectivity index (χ0n) is 9.73. The van der Waals surface area contributed by atoms with E-state index in [-0.39, 0.29) is 5.82 Å². The van der Waals surface area contributed by atoms with Crippen molar-refractivity contribution in [3.63, 3.8) is 0 Å². The van der Waals surface area contributed by atoms with E-state index in [1.807, 2.05) is 6.08 Å². The van der Waals surface area contributed by atoms with Gasteiger partial charge in [-0.2, -0.15) is 0 Å². The predicted octanol–water partition coefficient (Wildman–Crippen LogP) is 2.50. The number of hydrogen-bond donors (Lipinski definition) is 0. The average molecular weight is 233 g/mol. The Morgan fingerprint density at radius 2 is 1.82 bits per heavy atom. The fraction of sp³-hybridized carbons (Fsp3) is 0.357. The number of carbonyl (C=O) groups excluding carboxylic acids is 1. The van der Waals surface area contributed by atoms with Gasteiger partial charge in [0.1, 0.15) is 11.6 Å². The largest absolute Gasteiger partial charge is 0.300 e. The van der Waals surface area contributed by atoms with Crippen molar-refractivity contribution in [2.24, 2.45) is 0 Å². The van der Waals surface area contributed by atoms with E-state index in [9.17, 15) is 9.18 Å². The van der Waals surface area contributed by atoms with Crippen LogP contribution in [-0.2, 0) is 4.79 Å². The van der Waals surface area contributed by atoms with E-state index < -0.39 is 0 Å². The fourth-order valence-electron chi connectivity index (χ4n) is 1.90. The second kappa shape index (κ2) is 5.73. The molecular formula is C14H16FNO. The van der Waals surface area contributed by atoms with Crippen LogP contribution >= 0.6 is 0 Å². The van der Waals surface area contributed by atoms with Crippen LogP contribution in [0.15, 0.2) is 30.3 Å². The monoisotopic (exact) mass is 233 g/mol. The quantitative estimate of drug-likeness (QED) is 0.799. The summed E-state index contributed by atoms with van der Waals surface area (Å²) in [6.45, 7) is 2.56. The molecule has 0 N–H and O–H groups in total. The van der Waals surface area contributed by atoms with Gasteiger partial charge in [0, 0.05) is 32.5 Å². The molecule has 0 bridgehead atoms. The summed E-state index contributed by atoms with van der Waals surface area (Å²) in [7, 11) is 0. The van der Waals surface area contributed by atoms with Crippen molar-refractivity contribution in [2.75, 3.05) is 19.6 Å². The van der Waals surface area contributed by atoms with Gasteiger partial charge in [0.15, 0.2) is 0 Å². The molecule has 1 fully saturated rings. The molecular weight excluding hydrogens is 217 g/mol. The summed E-state index contributed by atoms with van der Waals surface area (Å²) >= 11 is 0. The molecule has 90 valence electrons. The molecule has 1 saturated heterocycles. The first-order valence-electron chi connectivity index (χ1n) is 5.90. The van der Waals surface area contributed by atoms with Crippen molar-refractivity contribution >= 4 is 11.9 Å². The van der Waals surface area contributed by atoms with Gasteiger partial charge in [-0.05, 0) is 17.7 Å². The number of ketones is 1. The zero-order chi connectivity index (χ0) is 12.1. The highest BCUT2D eigenvalue weighted by Gasteiger charge is 2.14. The predicted molar refractivity (Wildman–Crippen MR) is 66.1 cm³/mol. The highest BCUT2D eigenvalue weighted by atomic mass is 19.1. The SMILES string of the molecule is O=C1CCN(C/C=C/c2ccc(F)cc2)CC1. The first-order valence-corrected chi connectivity index (χ1v) is 5.90.